The molecule has 0 rings (SSSR count). The number of rotatable bonds is 11. The fourth-order valence-electron chi connectivity index (χ4n) is 2.51. The van der Waals surface area contributed by atoms with E-state index >= 15 is 0 Å². The SMILES string of the molecule is CC(C)CC(CO)(CO)N(CCO)C(O)C(O)CS(=O)(=O)O. The minimum absolute atomic E-state index is 0.00594. The fourth-order valence-corrected chi connectivity index (χ4v) is 3.11. The molecule has 22 heavy (non-hydrogen) atoms. The van der Waals surface area contributed by atoms with Gasteiger partial charge < -0.3 is 25.5 Å². The summed E-state index contributed by atoms with van der Waals surface area (Å²) < 4.78 is 30.4. The standard InChI is InChI=1S/C12H27NO8S/c1-9(2)5-12(7-15,8-16)13(3-4-14)11(18)10(17)6-22(19,20)21/h9-11,14-18H,3-8H2,1-2H3,(H,19,20,21). The normalized spacial score (nSPS) is 16.3. The monoisotopic (exact) mass is 345 g/mol. The van der Waals surface area contributed by atoms with E-state index in [1.165, 1.54) is 0 Å². The van der Waals surface area contributed by atoms with Crippen LogP contribution in [0.15, 0.2) is 0 Å². The van der Waals surface area contributed by atoms with Gasteiger partial charge in [-0.15, -0.1) is 0 Å². The van der Waals surface area contributed by atoms with Gasteiger partial charge in [-0.2, -0.15) is 8.42 Å². The molecule has 0 aliphatic heterocycles. The molecule has 0 aromatic rings. The Bertz CT molecular complexity index is 409. The number of nitrogens with zero attached hydrogens (tertiary/aromatic N) is 1. The number of aliphatic hydroxyl groups is 5. The summed E-state index contributed by atoms with van der Waals surface area (Å²) in [5.41, 5.74) is -1.35. The molecule has 0 aliphatic rings. The van der Waals surface area contributed by atoms with Crippen LogP contribution < -0.4 is 0 Å². The zero-order chi connectivity index (χ0) is 17.6. The highest BCUT2D eigenvalue weighted by molar-refractivity contribution is 7.85. The second kappa shape index (κ2) is 9.08. The van der Waals surface area contributed by atoms with Gasteiger partial charge in [-0.3, -0.25) is 9.45 Å². The predicted molar refractivity (Wildman–Crippen MR) is 78.6 cm³/mol. The first kappa shape index (κ1) is 21.7. The topological polar surface area (TPSA) is 159 Å². The van der Waals surface area contributed by atoms with Crippen LogP contribution in [0.3, 0.4) is 0 Å². The van der Waals surface area contributed by atoms with E-state index in [9.17, 15) is 28.8 Å². The maximum Gasteiger partial charge on any atom is 0.267 e. The van der Waals surface area contributed by atoms with Crippen LogP contribution in [-0.2, 0) is 10.1 Å². The first-order valence-electron chi connectivity index (χ1n) is 6.93. The number of hydrogen-bond donors (Lipinski definition) is 6. The zero-order valence-corrected chi connectivity index (χ0v) is 13.6. The number of aliphatic hydroxyl groups excluding tert-OH is 5. The molecule has 0 bridgehead atoms. The molecule has 0 aliphatic carbocycles. The number of β-amino-alcohol motifs (C(OH)–C–C–N with tert-alkyl or cyclic N) is 1. The van der Waals surface area contributed by atoms with Gasteiger partial charge in [0.2, 0.25) is 0 Å². The Balaban J connectivity index is 5.46. The van der Waals surface area contributed by atoms with Crippen molar-refractivity contribution in [3.05, 3.63) is 0 Å². The third kappa shape index (κ3) is 6.42. The predicted octanol–water partition coefficient (Wildman–Crippen LogP) is -2.38. The maximum atomic E-state index is 10.8. The van der Waals surface area contributed by atoms with Crippen LogP contribution in [-0.4, -0.2) is 93.4 Å². The Hall–Kier alpha value is -0.330. The molecule has 0 radical (unpaired) electrons. The summed E-state index contributed by atoms with van der Waals surface area (Å²) in [6.07, 6.45) is -3.44. The summed E-state index contributed by atoms with van der Waals surface area (Å²) in [5.74, 6) is -1.10. The highest BCUT2D eigenvalue weighted by Gasteiger charge is 2.42. The van der Waals surface area contributed by atoms with Gasteiger partial charge in [0.1, 0.15) is 18.1 Å². The smallest absolute Gasteiger partial charge is 0.267 e. The second-order valence-electron chi connectivity index (χ2n) is 5.79. The Kier molecular flexibility index (Phi) is 8.95. The third-order valence-corrected chi connectivity index (χ3v) is 4.13. The van der Waals surface area contributed by atoms with Crippen molar-refractivity contribution < 1.29 is 38.5 Å². The second-order valence-corrected chi connectivity index (χ2v) is 7.28. The third-order valence-electron chi connectivity index (χ3n) is 3.37. The highest BCUT2D eigenvalue weighted by Crippen LogP contribution is 2.26. The van der Waals surface area contributed by atoms with E-state index in [1.807, 2.05) is 13.8 Å². The van der Waals surface area contributed by atoms with Crippen LogP contribution in [0.25, 0.3) is 0 Å². The minimum Gasteiger partial charge on any atom is -0.395 e. The molecule has 10 heteroatoms. The van der Waals surface area contributed by atoms with Crippen molar-refractivity contribution >= 4 is 10.1 Å². The molecule has 0 saturated carbocycles. The van der Waals surface area contributed by atoms with Crippen molar-refractivity contribution in [2.45, 2.75) is 38.1 Å². The van der Waals surface area contributed by atoms with Crippen LogP contribution in [0.5, 0.6) is 0 Å². The summed E-state index contributed by atoms with van der Waals surface area (Å²) in [5, 5.41) is 48.3. The fraction of sp³-hybridized carbons (Fsp3) is 1.00. The van der Waals surface area contributed by atoms with E-state index in [0.29, 0.717) is 0 Å². The van der Waals surface area contributed by atoms with E-state index in [-0.39, 0.29) is 18.9 Å². The Morgan fingerprint density at radius 3 is 1.91 bits per heavy atom. The van der Waals surface area contributed by atoms with Crippen LogP contribution in [0, 0.1) is 5.92 Å². The molecule has 0 heterocycles. The Morgan fingerprint density at radius 1 is 1.09 bits per heavy atom. The highest BCUT2D eigenvalue weighted by atomic mass is 32.2. The molecule has 0 spiro atoms. The van der Waals surface area contributed by atoms with E-state index < -0.39 is 53.6 Å². The van der Waals surface area contributed by atoms with Gasteiger partial charge in [-0.05, 0) is 12.3 Å². The molecule has 0 saturated heterocycles. The summed E-state index contributed by atoms with van der Waals surface area (Å²) in [4.78, 5) is 1.06. The lowest BCUT2D eigenvalue weighted by Gasteiger charge is -2.45. The molecular formula is C12H27NO8S. The lowest BCUT2D eigenvalue weighted by atomic mass is 9.87. The molecule has 134 valence electrons. The van der Waals surface area contributed by atoms with Gasteiger partial charge >= 0.3 is 0 Å². The molecule has 6 N–H and O–H groups in total. The van der Waals surface area contributed by atoms with Gasteiger partial charge in [0, 0.05) is 6.54 Å². The van der Waals surface area contributed by atoms with E-state index in [0.717, 1.165) is 4.90 Å². The average Bonchev–Trinajstić information content (AvgIpc) is 2.39. The summed E-state index contributed by atoms with van der Waals surface area (Å²) in [7, 11) is -4.52. The van der Waals surface area contributed by atoms with Gasteiger partial charge in [-0.25, -0.2) is 0 Å². The molecule has 2 unspecified atom stereocenters. The van der Waals surface area contributed by atoms with Crippen LogP contribution >= 0.6 is 0 Å². The van der Waals surface area contributed by atoms with Gasteiger partial charge in [0.05, 0.1) is 25.4 Å². The van der Waals surface area contributed by atoms with Crippen molar-refractivity contribution in [3.63, 3.8) is 0 Å². The lowest BCUT2D eigenvalue weighted by Crippen LogP contribution is -2.63. The first-order chi connectivity index (χ1) is 10.0. The maximum absolute atomic E-state index is 10.8. The lowest BCUT2D eigenvalue weighted by molar-refractivity contribution is -0.154. The summed E-state index contributed by atoms with van der Waals surface area (Å²) >= 11 is 0. The molecule has 0 aromatic heterocycles. The summed E-state index contributed by atoms with van der Waals surface area (Å²) in [6.45, 7) is 1.83. The van der Waals surface area contributed by atoms with Crippen LogP contribution in [0.4, 0.5) is 0 Å². The molecular weight excluding hydrogens is 318 g/mol. The van der Waals surface area contributed by atoms with Crippen LogP contribution in [0.1, 0.15) is 20.3 Å². The zero-order valence-electron chi connectivity index (χ0n) is 12.8. The van der Waals surface area contributed by atoms with Gasteiger partial charge in [0.15, 0.2) is 0 Å². The Morgan fingerprint density at radius 2 is 1.59 bits per heavy atom. The molecule has 0 amide bonds. The van der Waals surface area contributed by atoms with Crippen molar-refractivity contribution in [3.8, 4) is 0 Å². The molecule has 9 nitrogen and oxygen atoms in total. The largest absolute Gasteiger partial charge is 0.395 e. The molecule has 0 aromatic carbocycles. The van der Waals surface area contributed by atoms with Crippen molar-refractivity contribution in [1.82, 2.24) is 4.90 Å². The number of hydrogen-bond acceptors (Lipinski definition) is 8. The van der Waals surface area contributed by atoms with E-state index in [4.69, 9.17) is 9.66 Å². The minimum atomic E-state index is -4.52. The van der Waals surface area contributed by atoms with Crippen LogP contribution in [0.2, 0.25) is 0 Å². The van der Waals surface area contributed by atoms with E-state index in [1.54, 1.807) is 0 Å². The van der Waals surface area contributed by atoms with Gasteiger partial charge in [-0.1, -0.05) is 13.8 Å². The van der Waals surface area contributed by atoms with Gasteiger partial charge in [0.25, 0.3) is 10.1 Å². The molecule has 2 atom stereocenters. The Labute approximate surface area is 130 Å². The van der Waals surface area contributed by atoms with Crippen molar-refractivity contribution in [2.24, 2.45) is 5.92 Å². The average molecular weight is 345 g/mol. The summed E-state index contributed by atoms with van der Waals surface area (Å²) in [6, 6.07) is 0. The molecule has 0 fully saturated rings. The first-order valence-corrected chi connectivity index (χ1v) is 8.54. The van der Waals surface area contributed by atoms with Crippen molar-refractivity contribution in [1.29, 1.82) is 0 Å². The van der Waals surface area contributed by atoms with Crippen molar-refractivity contribution in [2.75, 3.05) is 32.1 Å². The van der Waals surface area contributed by atoms with E-state index in [2.05, 4.69) is 0 Å². The quantitative estimate of drug-likeness (QED) is 0.177.